The highest BCUT2D eigenvalue weighted by Gasteiger charge is 2.40. The first-order chi connectivity index (χ1) is 15.6. The molecule has 3 rings (SSSR count). The van der Waals surface area contributed by atoms with Crippen molar-refractivity contribution in [2.45, 2.75) is 78.3 Å². The number of carbonyl (C=O) groups is 3. The lowest BCUT2D eigenvalue weighted by Crippen LogP contribution is -2.49. The zero-order valence-corrected chi connectivity index (χ0v) is 21.1. The molecule has 1 fully saturated rings. The monoisotopic (exact) mass is 477 g/mol. The molecule has 0 saturated heterocycles. The van der Waals surface area contributed by atoms with Crippen LogP contribution in [-0.4, -0.2) is 55.1 Å². The second-order valence-electron chi connectivity index (χ2n) is 9.99. The number of halogens is 1. The minimum absolute atomic E-state index is 0.0459. The Hall–Kier alpha value is -2.28. The molecule has 0 unspecified atom stereocenters. The zero-order chi connectivity index (χ0) is 24.3. The zero-order valence-electron chi connectivity index (χ0n) is 20.4. The van der Waals surface area contributed by atoms with Crippen molar-refractivity contribution in [3.8, 4) is 0 Å². The average molecular weight is 478 g/mol. The molecule has 1 aliphatic carbocycles. The van der Waals surface area contributed by atoms with Crippen molar-refractivity contribution in [2.24, 2.45) is 5.41 Å². The van der Waals surface area contributed by atoms with E-state index in [4.69, 9.17) is 11.6 Å². The third-order valence-electron chi connectivity index (χ3n) is 6.70. The van der Waals surface area contributed by atoms with Crippen molar-refractivity contribution in [1.29, 1.82) is 0 Å². The van der Waals surface area contributed by atoms with Gasteiger partial charge in [-0.25, -0.2) is 4.79 Å². The van der Waals surface area contributed by atoms with Crippen molar-refractivity contribution >= 4 is 35.2 Å². The van der Waals surface area contributed by atoms with Crippen LogP contribution in [0, 0.1) is 5.41 Å². The van der Waals surface area contributed by atoms with Crippen LogP contribution in [0.2, 0.25) is 5.02 Å². The smallest absolute Gasteiger partial charge is 0.406 e. The summed E-state index contributed by atoms with van der Waals surface area (Å²) >= 11 is 6.66. The van der Waals surface area contributed by atoms with Crippen LogP contribution in [0.4, 0.5) is 10.5 Å². The molecule has 1 aromatic rings. The van der Waals surface area contributed by atoms with Gasteiger partial charge in [0, 0.05) is 36.3 Å². The van der Waals surface area contributed by atoms with Crippen LogP contribution in [0.3, 0.4) is 0 Å². The fourth-order valence-corrected chi connectivity index (χ4v) is 5.34. The predicted molar refractivity (Wildman–Crippen MR) is 130 cm³/mol. The van der Waals surface area contributed by atoms with Crippen LogP contribution >= 0.6 is 11.6 Å². The number of fused-ring (bicyclic) bond motifs is 1. The first-order valence-electron chi connectivity index (χ1n) is 11.9. The van der Waals surface area contributed by atoms with Crippen molar-refractivity contribution in [3.05, 3.63) is 28.3 Å². The SMILES string of the molecule is COC(=O)NCCN1C(=O)C(C)(C)Cc2cc(Cl)c(C(=O)N(C(C)C)C3CCCCC3)cc21. The second kappa shape index (κ2) is 10.3. The maximum Gasteiger partial charge on any atom is 0.406 e. The Balaban J connectivity index is 1.96. The maximum absolute atomic E-state index is 13.7. The second-order valence-corrected chi connectivity index (χ2v) is 10.4. The molecule has 1 aliphatic heterocycles. The summed E-state index contributed by atoms with van der Waals surface area (Å²) in [6.07, 6.45) is 5.46. The number of alkyl carbamates (subject to hydrolysis) is 1. The van der Waals surface area contributed by atoms with Gasteiger partial charge >= 0.3 is 6.09 Å². The van der Waals surface area contributed by atoms with Gasteiger partial charge < -0.3 is 19.9 Å². The lowest BCUT2D eigenvalue weighted by molar-refractivity contribution is -0.127. The topological polar surface area (TPSA) is 79.0 Å². The molecule has 1 N–H and O–H groups in total. The number of nitrogens with zero attached hydrogens (tertiary/aromatic N) is 2. The largest absolute Gasteiger partial charge is 0.453 e. The van der Waals surface area contributed by atoms with E-state index in [2.05, 4.69) is 10.1 Å². The molecule has 0 atom stereocenters. The third kappa shape index (κ3) is 5.45. The van der Waals surface area contributed by atoms with Crippen molar-refractivity contribution < 1.29 is 19.1 Å². The highest BCUT2D eigenvalue weighted by Crippen LogP contribution is 2.40. The summed E-state index contributed by atoms with van der Waals surface area (Å²) in [7, 11) is 1.30. The molecule has 1 saturated carbocycles. The molecule has 0 radical (unpaired) electrons. The van der Waals surface area contributed by atoms with Gasteiger partial charge in [-0.2, -0.15) is 0 Å². The van der Waals surface area contributed by atoms with Crippen LogP contribution in [0.1, 0.15) is 75.7 Å². The van der Waals surface area contributed by atoms with Gasteiger partial charge in [0.25, 0.3) is 5.91 Å². The molecule has 0 bridgehead atoms. The summed E-state index contributed by atoms with van der Waals surface area (Å²) in [6.45, 7) is 8.38. The summed E-state index contributed by atoms with van der Waals surface area (Å²) in [5.74, 6) is -0.134. The molecular formula is C25H36ClN3O4. The fourth-order valence-electron chi connectivity index (χ4n) is 5.07. The highest BCUT2D eigenvalue weighted by molar-refractivity contribution is 6.34. The van der Waals surface area contributed by atoms with E-state index in [1.807, 2.05) is 38.7 Å². The number of nitrogens with one attached hydrogen (secondary N) is 1. The van der Waals surface area contributed by atoms with Gasteiger partial charge in [-0.15, -0.1) is 0 Å². The number of rotatable bonds is 6. The molecule has 1 aromatic carbocycles. The maximum atomic E-state index is 13.7. The predicted octanol–water partition coefficient (Wildman–Crippen LogP) is 4.79. The molecular weight excluding hydrogens is 442 g/mol. The lowest BCUT2D eigenvalue weighted by Gasteiger charge is -2.40. The summed E-state index contributed by atoms with van der Waals surface area (Å²) in [5.41, 5.74) is 1.42. The molecule has 1 heterocycles. The number of hydrogen-bond acceptors (Lipinski definition) is 4. The molecule has 182 valence electrons. The lowest BCUT2D eigenvalue weighted by atomic mass is 9.79. The van der Waals surface area contributed by atoms with E-state index in [1.165, 1.54) is 13.5 Å². The van der Waals surface area contributed by atoms with Crippen molar-refractivity contribution in [2.75, 3.05) is 25.1 Å². The van der Waals surface area contributed by atoms with E-state index in [0.29, 0.717) is 22.7 Å². The normalized spacial score (nSPS) is 18.2. The van der Waals surface area contributed by atoms with Gasteiger partial charge in [0.05, 0.1) is 17.7 Å². The summed E-state index contributed by atoms with van der Waals surface area (Å²) in [4.78, 5) is 42.1. The van der Waals surface area contributed by atoms with Crippen LogP contribution in [-0.2, 0) is 16.0 Å². The van der Waals surface area contributed by atoms with E-state index in [-0.39, 0.29) is 37.0 Å². The van der Waals surface area contributed by atoms with Crippen molar-refractivity contribution in [3.63, 3.8) is 0 Å². The Labute approximate surface area is 201 Å². The summed E-state index contributed by atoms with van der Waals surface area (Å²) in [6, 6.07) is 3.86. The summed E-state index contributed by atoms with van der Waals surface area (Å²) in [5, 5.41) is 3.04. The number of carbonyl (C=O) groups excluding carboxylic acids is 3. The van der Waals surface area contributed by atoms with E-state index >= 15 is 0 Å². The van der Waals surface area contributed by atoms with E-state index in [0.717, 1.165) is 31.2 Å². The van der Waals surface area contributed by atoms with E-state index < -0.39 is 11.5 Å². The average Bonchev–Trinajstić information content (AvgIpc) is 2.76. The van der Waals surface area contributed by atoms with Crippen LogP contribution in [0.15, 0.2) is 12.1 Å². The van der Waals surface area contributed by atoms with E-state index in [1.54, 1.807) is 11.0 Å². The first kappa shape index (κ1) is 25.3. The number of methoxy groups -OCH3 is 1. The minimum Gasteiger partial charge on any atom is -0.453 e. The standard InChI is InChI=1S/C25H36ClN3O4/c1-16(2)29(18-9-7-6-8-10-18)22(30)19-14-21-17(13-20(19)26)15-25(3,4)23(31)28(21)12-11-27-24(32)33-5/h13-14,16,18H,6-12,15H2,1-5H3,(H,27,32). The Morgan fingerprint density at radius 2 is 1.91 bits per heavy atom. The number of benzene rings is 1. The van der Waals surface area contributed by atoms with Gasteiger partial charge in [-0.3, -0.25) is 9.59 Å². The number of hydrogen-bond donors (Lipinski definition) is 1. The minimum atomic E-state index is -0.612. The fraction of sp³-hybridized carbons (Fsp3) is 0.640. The Morgan fingerprint density at radius 1 is 1.24 bits per heavy atom. The van der Waals surface area contributed by atoms with Crippen LogP contribution in [0.25, 0.3) is 0 Å². The number of amides is 3. The molecule has 3 amide bonds. The Kier molecular flexibility index (Phi) is 7.93. The molecule has 2 aliphatic rings. The quantitative estimate of drug-likeness (QED) is 0.638. The van der Waals surface area contributed by atoms with Gasteiger partial charge in [-0.05, 0) is 50.8 Å². The summed E-state index contributed by atoms with van der Waals surface area (Å²) < 4.78 is 4.63. The van der Waals surface area contributed by atoms with Crippen LogP contribution < -0.4 is 10.2 Å². The van der Waals surface area contributed by atoms with Gasteiger partial charge in [0.2, 0.25) is 5.91 Å². The molecule has 0 aromatic heterocycles. The van der Waals surface area contributed by atoms with Crippen molar-refractivity contribution in [1.82, 2.24) is 10.2 Å². The molecule has 0 spiro atoms. The first-order valence-corrected chi connectivity index (χ1v) is 12.2. The Bertz CT molecular complexity index is 909. The Morgan fingerprint density at radius 3 is 2.52 bits per heavy atom. The number of anilines is 1. The van der Waals surface area contributed by atoms with Gasteiger partial charge in [-0.1, -0.05) is 44.7 Å². The highest BCUT2D eigenvalue weighted by atomic mass is 35.5. The van der Waals surface area contributed by atoms with E-state index in [9.17, 15) is 14.4 Å². The molecule has 33 heavy (non-hydrogen) atoms. The van der Waals surface area contributed by atoms with Gasteiger partial charge in [0.15, 0.2) is 0 Å². The number of ether oxygens (including phenoxy) is 1. The van der Waals surface area contributed by atoms with Gasteiger partial charge in [0.1, 0.15) is 0 Å². The molecule has 7 nitrogen and oxygen atoms in total. The van der Waals surface area contributed by atoms with Crippen LogP contribution in [0.5, 0.6) is 0 Å². The molecule has 8 heteroatoms. The third-order valence-corrected chi connectivity index (χ3v) is 7.01.